The van der Waals surface area contributed by atoms with Gasteiger partial charge in [-0.05, 0) is 51.0 Å². The molecule has 0 saturated heterocycles. The third kappa shape index (κ3) is 3.04. The normalized spacial score (nSPS) is 18.9. The first-order valence-electron chi connectivity index (χ1n) is 9.85. The number of nitrogens with zero attached hydrogens (tertiary/aromatic N) is 1. The number of aromatic nitrogens is 1. The van der Waals surface area contributed by atoms with Crippen molar-refractivity contribution in [2.75, 3.05) is 0 Å². The van der Waals surface area contributed by atoms with Crippen LogP contribution < -0.4 is 10.2 Å². The molecule has 4 rings (SSSR count). The van der Waals surface area contributed by atoms with Gasteiger partial charge in [-0.2, -0.15) is 0 Å². The second-order valence-corrected chi connectivity index (χ2v) is 8.24. The van der Waals surface area contributed by atoms with E-state index in [0.717, 1.165) is 0 Å². The van der Waals surface area contributed by atoms with Crippen molar-refractivity contribution in [2.45, 2.75) is 38.4 Å². The van der Waals surface area contributed by atoms with Gasteiger partial charge in [-0.25, -0.2) is 0 Å². The molecule has 3 aromatic rings. The average molecular weight is 407 g/mol. The summed E-state index contributed by atoms with van der Waals surface area (Å²) < 4.78 is 7.90. The van der Waals surface area contributed by atoms with Gasteiger partial charge in [-0.15, -0.1) is 0 Å². The van der Waals surface area contributed by atoms with E-state index in [2.05, 4.69) is 6.58 Å². The van der Waals surface area contributed by atoms with E-state index in [1.54, 1.807) is 42.8 Å². The van der Waals surface area contributed by atoms with Crippen molar-refractivity contribution in [1.82, 2.24) is 4.57 Å². The van der Waals surface area contributed by atoms with E-state index in [1.165, 1.54) is 6.07 Å². The maximum atomic E-state index is 13.1. The molecule has 6 nitrogen and oxygen atoms in total. The van der Waals surface area contributed by atoms with Gasteiger partial charge in [0.15, 0.2) is 0 Å². The van der Waals surface area contributed by atoms with E-state index < -0.39 is 11.7 Å². The Hall–Kier alpha value is -3.25. The number of aliphatic hydroxyl groups excluding tert-OH is 1. The zero-order valence-corrected chi connectivity index (χ0v) is 17.3. The molecule has 0 fully saturated rings. The molecule has 3 N–H and O–H groups in total. The Labute approximate surface area is 174 Å². The lowest BCUT2D eigenvalue weighted by Crippen LogP contribution is -2.33. The number of ether oxygens (including phenoxy) is 1. The standard InChI is InChI=1S/C24H25NO5/c1-13(2)17(26)9-11-24(3)10-8-14-19(30-24)12-16-20(22(14)28)23(29)15-6-5-7-18(27)21(15)25(16)4/h5-8,10,12,17,26-28H,1,9,11H2,2-4H3. The minimum Gasteiger partial charge on any atom is -0.506 e. The van der Waals surface area contributed by atoms with Crippen molar-refractivity contribution in [3.63, 3.8) is 0 Å². The summed E-state index contributed by atoms with van der Waals surface area (Å²) in [6, 6.07) is 6.48. The van der Waals surface area contributed by atoms with Gasteiger partial charge in [0.25, 0.3) is 0 Å². The van der Waals surface area contributed by atoms with Crippen LogP contribution in [0.1, 0.15) is 32.3 Å². The van der Waals surface area contributed by atoms with Gasteiger partial charge >= 0.3 is 0 Å². The molecule has 156 valence electrons. The van der Waals surface area contributed by atoms with Crippen LogP contribution in [0.3, 0.4) is 0 Å². The predicted octanol–water partition coefficient (Wildman–Crippen LogP) is 3.98. The van der Waals surface area contributed by atoms with E-state index in [-0.39, 0.29) is 22.3 Å². The van der Waals surface area contributed by atoms with Gasteiger partial charge in [0.05, 0.1) is 33.5 Å². The zero-order valence-electron chi connectivity index (χ0n) is 17.3. The molecule has 6 heteroatoms. The van der Waals surface area contributed by atoms with Crippen LogP contribution in [0.5, 0.6) is 17.2 Å². The Bertz CT molecular complexity index is 1290. The Morgan fingerprint density at radius 2 is 2.07 bits per heavy atom. The quantitative estimate of drug-likeness (QED) is 0.449. The van der Waals surface area contributed by atoms with Crippen LogP contribution >= 0.6 is 0 Å². The molecule has 0 amide bonds. The number of rotatable bonds is 4. The van der Waals surface area contributed by atoms with Crippen molar-refractivity contribution in [1.29, 1.82) is 0 Å². The number of aryl methyl sites for hydroxylation is 1. The molecule has 0 bridgehead atoms. The predicted molar refractivity (Wildman–Crippen MR) is 118 cm³/mol. The molecule has 2 heterocycles. The summed E-state index contributed by atoms with van der Waals surface area (Å²) in [5.41, 5.74) is 0.973. The number of phenols is 2. The summed E-state index contributed by atoms with van der Waals surface area (Å²) in [7, 11) is 1.73. The maximum Gasteiger partial charge on any atom is 0.201 e. The molecule has 1 aromatic heterocycles. The highest BCUT2D eigenvalue weighted by atomic mass is 16.5. The summed E-state index contributed by atoms with van der Waals surface area (Å²) in [4.78, 5) is 13.1. The maximum absolute atomic E-state index is 13.1. The highest BCUT2D eigenvalue weighted by Gasteiger charge is 2.31. The zero-order chi connectivity index (χ0) is 21.8. The lowest BCUT2D eigenvalue weighted by Gasteiger charge is -2.33. The summed E-state index contributed by atoms with van der Waals surface area (Å²) >= 11 is 0. The molecule has 1 aliphatic rings. The van der Waals surface area contributed by atoms with E-state index in [4.69, 9.17) is 4.74 Å². The fraction of sp³-hybridized carbons (Fsp3) is 0.292. The van der Waals surface area contributed by atoms with Crippen LogP contribution in [0.15, 0.2) is 47.3 Å². The molecule has 2 atom stereocenters. The minimum absolute atomic E-state index is 0.00866. The summed E-state index contributed by atoms with van der Waals surface area (Å²) in [5.74, 6) is 0.291. The van der Waals surface area contributed by atoms with Crippen LogP contribution in [-0.2, 0) is 7.05 Å². The van der Waals surface area contributed by atoms with Crippen molar-refractivity contribution >= 4 is 27.9 Å². The second-order valence-electron chi connectivity index (χ2n) is 8.24. The van der Waals surface area contributed by atoms with Crippen molar-refractivity contribution in [2.24, 2.45) is 7.05 Å². The Morgan fingerprint density at radius 1 is 1.33 bits per heavy atom. The van der Waals surface area contributed by atoms with Gasteiger partial charge in [0, 0.05) is 13.1 Å². The molecule has 0 aliphatic carbocycles. The van der Waals surface area contributed by atoms with Crippen molar-refractivity contribution in [3.8, 4) is 17.2 Å². The monoisotopic (exact) mass is 407 g/mol. The number of para-hydroxylation sites is 1. The first-order chi connectivity index (χ1) is 14.1. The van der Waals surface area contributed by atoms with E-state index >= 15 is 0 Å². The SMILES string of the molecule is C=C(C)C(O)CCC1(C)C=Cc2c(cc3c(c2O)c(=O)c2cccc(O)c2n3C)O1. The summed E-state index contributed by atoms with van der Waals surface area (Å²) in [5, 5.41) is 31.8. The summed E-state index contributed by atoms with van der Waals surface area (Å²) in [6.45, 7) is 7.47. The first-order valence-corrected chi connectivity index (χ1v) is 9.85. The molecule has 0 spiro atoms. The average Bonchev–Trinajstić information content (AvgIpc) is 2.69. The van der Waals surface area contributed by atoms with E-state index in [9.17, 15) is 20.1 Å². The molecule has 1 aliphatic heterocycles. The first kappa shape index (κ1) is 20.0. The molecule has 0 saturated carbocycles. The number of aromatic hydroxyl groups is 2. The van der Waals surface area contributed by atoms with Crippen molar-refractivity contribution in [3.05, 3.63) is 58.3 Å². The highest BCUT2D eigenvalue weighted by molar-refractivity contribution is 6.01. The van der Waals surface area contributed by atoms with Crippen LogP contribution in [-0.4, -0.2) is 31.6 Å². The van der Waals surface area contributed by atoms with Gasteiger partial charge < -0.3 is 24.6 Å². The Balaban J connectivity index is 1.87. The van der Waals surface area contributed by atoms with Gasteiger partial charge in [0.1, 0.15) is 22.8 Å². The number of aliphatic hydroxyl groups is 1. The van der Waals surface area contributed by atoms with Gasteiger partial charge in [-0.1, -0.05) is 18.2 Å². The number of benzene rings is 2. The van der Waals surface area contributed by atoms with Crippen molar-refractivity contribution < 1.29 is 20.1 Å². The van der Waals surface area contributed by atoms with Crippen LogP contribution in [0.4, 0.5) is 0 Å². The number of fused-ring (bicyclic) bond motifs is 3. The molecular formula is C24H25NO5. The Morgan fingerprint density at radius 3 is 2.77 bits per heavy atom. The van der Waals surface area contributed by atoms with E-state index in [0.29, 0.717) is 46.1 Å². The largest absolute Gasteiger partial charge is 0.506 e. The third-order valence-corrected chi connectivity index (χ3v) is 5.89. The van der Waals surface area contributed by atoms with Gasteiger partial charge in [0.2, 0.25) is 5.43 Å². The second kappa shape index (κ2) is 6.92. The molecule has 2 unspecified atom stereocenters. The highest BCUT2D eigenvalue weighted by Crippen LogP contribution is 2.42. The smallest absolute Gasteiger partial charge is 0.201 e. The fourth-order valence-electron chi connectivity index (χ4n) is 4.05. The third-order valence-electron chi connectivity index (χ3n) is 5.89. The number of hydrogen-bond acceptors (Lipinski definition) is 5. The minimum atomic E-state index is -0.679. The van der Waals surface area contributed by atoms with Crippen LogP contribution in [0.25, 0.3) is 27.9 Å². The molecular weight excluding hydrogens is 382 g/mol. The number of phenolic OH excluding ortho intramolecular Hbond substituents is 2. The lowest BCUT2D eigenvalue weighted by atomic mass is 9.91. The van der Waals surface area contributed by atoms with Crippen LogP contribution in [0.2, 0.25) is 0 Å². The number of hydrogen-bond donors (Lipinski definition) is 3. The van der Waals surface area contributed by atoms with Gasteiger partial charge in [-0.3, -0.25) is 4.79 Å². The fourth-order valence-corrected chi connectivity index (χ4v) is 4.05. The topological polar surface area (TPSA) is 91.9 Å². The van der Waals surface area contributed by atoms with E-state index in [1.807, 2.05) is 13.0 Å². The number of pyridine rings is 1. The summed E-state index contributed by atoms with van der Waals surface area (Å²) in [6.07, 6.45) is 4.02. The Kier molecular flexibility index (Phi) is 4.62. The molecule has 2 aromatic carbocycles. The molecule has 30 heavy (non-hydrogen) atoms. The lowest BCUT2D eigenvalue weighted by molar-refractivity contribution is 0.101. The van der Waals surface area contributed by atoms with Crippen LogP contribution in [0, 0.1) is 0 Å². The molecule has 0 radical (unpaired) electrons.